The Kier molecular flexibility index (Phi) is 26.0. The lowest BCUT2D eigenvalue weighted by atomic mass is 10.2. The lowest BCUT2D eigenvalue weighted by Crippen LogP contribution is -2.44. The van der Waals surface area contributed by atoms with Crippen LogP contribution in [0.1, 0.15) is 92.0 Å². The van der Waals surface area contributed by atoms with Gasteiger partial charge in [0.2, 0.25) is 16.7 Å². The van der Waals surface area contributed by atoms with Crippen molar-refractivity contribution in [2.45, 2.75) is 119 Å². The van der Waals surface area contributed by atoms with Gasteiger partial charge in [-0.05, 0) is 232 Å². The fourth-order valence-corrected chi connectivity index (χ4v) is 8.72. The normalized spacial score (nSPS) is 11.4. The van der Waals surface area contributed by atoms with Crippen molar-refractivity contribution in [2.75, 3.05) is 16.0 Å². The van der Waals surface area contributed by atoms with Crippen LogP contribution in [0.3, 0.4) is 0 Å². The van der Waals surface area contributed by atoms with Crippen molar-refractivity contribution in [1.29, 1.82) is 0 Å². The molecular formula is C60H72Cl3N11O3S3. The Morgan fingerprint density at radius 1 is 0.550 bits per heavy atom. The van der Waals surface area contributed by atoms with Crippen LogP contribution in [0, 0.1) is 9.54 Å². The van der Waals surface area contributed by atoms with Crippen LogP contribution in [-0.2, 0) is 19.6 Å². The molecule has 0 bridgehead atoms. The van der Waals surface area contributed by atoms with Crippen molar-refractivity contribution in [1.82, 2.24) is 24.8 Å². The van der Waals surface area contributed by atoms with Crippen LogP contribution in [0.15, 0.2) is 156 Å². The fourth-order valence-electron chi connectivity index (χ4n) is 7.12. The number of hydrogen-bond acceptors (Lipinski definition) is 10. The summed E-state index contributed by atoms with van der Waals surface area (Å²) >= 11 is 34.5. The second-order valence-electron chi connectivity index (χ2n) is 19.5. The van der Waals surface area contributed by atoms with Crippen molar-refractivity contribution in [3.63, 3.8) is 0 Å². The van der Waals surface area contributed by atoms with Crippen molar-refractivity contribution in [3.8, 4) is 17.2 Å². The van der Waals surface area contributed by atoms with Gasteiger partial charge >= 0.3 is 0 Å². The lowest BCUT2D eigenvalue weighted by Gasteiger charge is -2.20. The van der Waals surface area contributed by atoms with E-state index in [4.69, 9.17) is 91.4 Å². The largest absolute Gasteiger partial charge is 0.491 e. The Morgan fingerprint density at radius 3 is 1.36 bits per heavy atom. The third kappa shape index (κ3) is 23.2. The second-order valence-corrected chi connectivity index (χ2v) is 21.9. The van der Waals surface area contributed by atoms with Crippen LogP contribution >= 0.6 is 71.5 Å². The summed E-state index contributed by atoms with van der Waals surface area (Å²) in [5.41, 5.74) is 11.7. The highest BCUT2D eigenvalue weighted by Crippen LogP contribution is 2.24. The van der Waals surface area contributed by atoms with Gasteiger partial charge in [0, 0.05) is 44.2 Å². The standard InChI is InChI=1S/C22H25ClN4OS2.C21H27ClN4OS.C17H20ClN3O/c1-14(2)27-21(29)25-20(24-18-9-11-19(12-10-18)28-15(3)4)26(22(27)30)13-16-5-7-17(23)8-6-16;1-14(2)24-21(28)26-20(23-13-16-5-7-17(22)8-6-16)25-18-9-11-19(12-10-18)27-15(3)4;1-12(2)22-16-9-7-15(8-10-16)21-17(19)20-11-13-3-5-14(18)6-4-13/h5-12,14-15H,13H2,1-4H3,(H,24,25,29);5-12,14-15H,13H2,1-4H3,(H3,23,24,25,26,28);3-10,12H,11H2,1-2H3,(H3,19,20,21). The molecule has 7 N–H and O–H groups in total. The molecule has 14 nitrogen and oxygen atoms in total. The monoisotopic (exact) mass is 1200 g/mol. The van der Waals surface area contributed by atoms with Crippen LogP contribution < -0.4 is 46.5 Å². The first kappa shape index (κ1) is 64.1. The van der Waals surface area contributed by atoms with Gasteiger partial charge in [-0.15, -0.1) is 0 Å². The smallest absolute Gasteiger partial charge is 0.212 e. The molecule has 1 heterocycles. The Bertz CT molecular complexity index is 3210. The Morgan fingerprint density at radius 2 is 0.950 bits per heavy atom. The molecule has 0 spiro atoms. The summed E-state index contributed by atoms with van der Waals surface area (Å²) in [4.78, 5) is 13.6. The minimum Gasteiger partial charge on any atom is -0.491 e. The minimum absolute atomic E-state index is 0.107. The van der Waals surface area contributed by atoms with E-state index >= 15 is 0 Å². The van der Waals surface area contributed by atoms with E-state index in [1.165, 1.54) is 0 Å². The van der Waals surface area contributed by atoms with Gasteiger partial charge in [-0.2, -0.15) is 4.98 Å². The van der Waals surface area contributed by atoms with Gasteiger partial charge < -0.3 is 46.5 Å². The van der Waals surface area contributed by atoms with Crippen molar-refractivity contribution in [3.05, 3.63) is 187 Å². The number of nitrogens with two attached hydrogens (primary N) is 1. The molecular weight excluding hydrogens is 1130 g/mol. The van der Waals surface area contributed by atoms with E-state index in [0.29, 0.717) is 67.2 Å². The Hall–Kier alpha value is -6.73. The second kappa shape index (κ2) is 32.5. The van der Waals surface area contributed by atoms with Crippen molar-refractivity contribution < 1.29 is 14.2 Å². The van der Waals surface area contributed by atoms with Crippen molar-refractivity contribution >= 4 is 111 Å². The number of benzene rings is 6. The number of aromatic nitrogens is 3. The van der Waals surface area contributed by atoms with Gasteiger partial charge in [0.25, 0.3) is 0 Å². The molecule has 80 heavy (non-hydrogen) atoms. The highest BCUT2D eigenvalue weighted by Gasteiger charge is 2.13. The molecule has 0 atom stereocenters. The van der Waals surface area contributed by atoms with Crippen LogP contribution in [0.25, 0.3) is 0 Å². The number of hydrogen-bond donors (Lipinski definition) is 6. The van der Waals surface area contributed by atoms with Crippen LogP contribution in [-0.4, -0.2) is 55.5 Å². The molecule has 1 aromatic heterocycles. The number of nitrogens with one attached hydrogen (secondary N) is 5. The molecule has 0 amide bonds. The first-order valence-electron chi connectivity index (χ1n) is 26.1. The van der Waals surface area contributed by atoms with E-state index in [1.54, 1.807) is 0 Å². The van der Waals surface area contributed by atoms with Crippen molar-refractivity contribution in [2.24, 2.45) is 15.7 Å². The summed E-state index contributed by atoms with van der Waals surface area (Å²) < 4.78 is 21.9. The highest BCUT2D eigenvalue weighted by atomic mass is 35.5. The molecule has 0 radical (unpaired) electrons. The topological polar surface area (TPSA) is 161 Å². The number of aliphatic imine (C=N–C) groups is 2. The number of nitrogens with zero attached hydrogens (tertiary/aromatic N) is 5. The first-order chi connectivity index (χ1) is 38.1. The molecule has 0 aliphatic carbocycles. The van der Waals surface area contributed by atoms with Gasteiger partial charge in [0.05, 0.1) is 37.9 Å². The lowest BCUT2D eigenvalue weighted by molar-refractivity contribution is 0.242. The molecule has 6 aromatic carbocycles. The number of rotatable bonds is 18. The molecule has 424 valence electrons. The first-order valence-corrected chi connectivity index (χ1v) is 28.4. The SMILES string of the molecule is CC(C)NC(=S)NC(=NCc1ccc(Cl)cc1)Nc1ccc(OC(C)C)cc1.CC(C)Oc1ccc(NC(N)=NCc2ccc(Cl)cc2)cc1.CC(C)Oc1ccc(Nc2nc(=S)n(C(C)C)c(=S)n2Cc2ccc(Cl)cc2)cc1. The minimum atomic E-state index is 0.107. The number of halogens is 3. The van der Waals surface area contributed by atoms with Gasteiger partial charge in [-0.3, -0.25) is 9.13 Å². The van der Waals surface area contributed by atoms with Gasteiger partial charge in [0.1, 0.15) is 17.2 Å². The fraction of sp³-hybridized carbons (Fsp3) is 0.300. The Labute approximate surface area is 502 Å². The molecule has 20 heteroatoms. The molecule has 7 aromatic rings. The van der Waals surface area contributed by atoms with Gasteiger partial charge in [-0.25, -0.2) is 9.98 Å². The third-order valence-electron chi connectivity index (χ3n) is 10.7. The van der Waals surface area contributed by atoms with E-state index in [-0.39, 0.29) is 30.4 Å². The molecule has 0 fully saturated rings. The predicted molar refractivity (Wildman–Crippen MR) is 343 cm³/mol. The molecule has 0 saturated heterocycles. The van der Waals surface area contributed by atoms with E-state index in [9.17, 15) is 0 Å². The van der Waals surface area contributed by atoms with Gasteiger partial charge in [0.15, 0.2) is 15.8 Å². The predicted octanol–water partition coefficient (Wildman–Crippen LogP) is 16.0. The summed E-state index contributed by atoms with van der Waals surface area (Å²) in [7, 11) is 0. The number of thiocarbonyl (C=S) groups is 1. The van der Waals surface area contributed by atoms with E-state index in [2.05, 4.69) is 41.6 Å². The molecule has 0 unspecified atom stereocenters. The molecule has 0 aliphatic rings. The number of guanidine groups is 2. The van der Waals surface area contributed by atoms with Crippen LogP contribution in [0.5, 0.6) is 17.2 Å². The summed E-state index contributed by atoms with van der Waals surface area (Å²) in [6.07, 6.45) is 0.416. The maximum atomic E-state index is 6.04. The van der Waals surface area contributed by atoms with Crippen LogP contribution in [0.2, 0.25) is 15.1 Å². The zero-order valence-electron chi connectivity index (χ0n) is 46.8. The third-order valence-corrected chi connectivity index (χ3v) is 12.4. The molecule has 0 aliphatic heterocycles. The number of ether oxygens (including phenoxy) is 3. The quantitative estimate of drug-likeness (QED) is 0.0274. The highest BCUT2D eigenvalue weighted by molar-refractivity contribution is 7.80. The summed E-state index contributed by atoms with van der Waals surface area (Å²) in [5, 5.41) is 18.6. The average Bonchev–Trinajstić information content (AvgIpc) is 3.40. The van der Waals surface area contributed by atoms with Crippen LogP contribution in [0.4, 0.5) is 23.0 Å². The van der Waals surface area contributed by atoms with E-state index < -0.39 is 0 Å². The number of anilines is 4. The maximum absolute atomic E-state index is 6.04. The Balaban J connectivity index is 0.000000223. The average molecular weight is 1200 g/mol. The zero-order valence-corrected chi connectivity index (χ0v) is 51.5. The maximum Gasteiger partial charge on any atom is 0.212 e. The van der Waals surface area contributed by atoms with Gasteiger partial charge in [-0.1, -0.05) is 71.2 Å². The zero-order chi connectivity index (χ0) is 58.3. The van der Waals surface area contributed by atoms with E-state index in [1.807, 2.05) is 224 Å². The van der Waals surface area contributed by atoms with E-state index in [0.717, 1.165) is 51.0 Å². The molecule has 0 saturated carbocycles. The molecule has 7 rings (SSSR count). The summed E-state index contributed by atoms with van der Waals surface area (Å²) in [6.45, 7) is 21.7. The summed E-state index contributed by atoms with van der Waals surface area (Å²) in [6, 6.07) is 46.2. The summed E-state index contributed by atoms with van der Waals surface area (Å²) in [5.74, 6) is 3.99.